The molecule has 0 atom stereocenters. The van der Waals surface area contributed by atoms with Crippen LogP contribution in [0, 0.1) is 12.7 Å². The Balaban J connectivity index is 1.99. The van der Waals surface area contributed by atoms with Gasteiger partial charge in [0.05, 0.1) is 6.54 Å². The van der Waals surface area contributed by atoms with Crippen LogP contribution >= 0.6 is 11.3 Å². The van der Waals surface area contributed by atoms with Crippen molar-refractivity contribution in [2.24, 2.45) is 4.99 Å². The van der Waals surface area contributed by atoms with Crippen molar-refractivity contribution >= 4 is 17.3 Å². The quantitative estimate of drug-likeness (QED) is 0.613. The van der Waals surface area contributed by atoms with Gasteiger partial charge in [0.25, 0.3) is 0 Å². The summed E-state index contributed by atoms with van der Waals surface area (Å²) in [6.45, 7) is -0.458. The molecule has 0 saturated carbocycles. The lowest BCUT2D eigenvalue weighted by molar-refractivity contribution is -0.0506. The Morgan fingerprint density at radius 2 is 2.00 bits per heavy atom. The van der Waals surface area contributed by atoms with Gasteiger partial charge in [0, 0.05) is 24.0 Å². The highest BCUT2D eigenvalue weighted by molar-refractivity contribution is 7.10. The molecule has 1 aromatic heterocycles. The number of guanidine groups is 1. The van der Waals surface area contributed by atoms with Gasteiger partial charge in [-0.25, -0.2) is 4.39 Å². The molecule has 0 bridgehead atoms. The molecular weight excluding hydrogens is 339 g/mol. The lowest BCUT2D eigenvalue weighted by Crippen LogP contribution is -2.36. The Labute approximate surface area is 142 Å². The van der Waals surface area contributed by atoms with Crippen molar-refractivity contribution in [2.45, 2.75) is 26.6 Å². The average Bonchev–Trinajstić information content (AvgIpc) is 2.94. The summed E-state index contributed by atoms with van der Waals surface area (Å²) in [5, 5.41) is 8.00. The first-order valence-electron chi connectivity index (χ1n) is 7.21. The summed E-state index contributed by atoms with van der Waals surface area (Å²) in [6, 6.07) is 5.84. The highest BCUT2D eigenvalue weighted by Gasteiger charge is 2.14. The zero-order chi connectivity index (χ0) is 17.5. The van der Waals surface area contributed by atoms with E-state index in [-0.39, 0.29) is 17.9 Å². The van der Waals surface area contributed by atoms with Gasteiger partial charge < -0.3 is 15.4 Å². The Morgan fingerprint density at radius 1 is 1.25 bits per heavy atom. The number of hydrogen-bond donors (Lipinski definition) is 2. The maximum absolute atomic E-state index is 13.9. The van der Waals surface area contributed by atoms with E-state index in [4.69, 9.17) is 0 Å². The van der Waals surface area contributed by atoms with E-state index in [0.717, 1.165) is 4.88 Å². The van der Waals surface area contributed by atoms with Gasteiger partial charge in [0.2, 0.25) is 0 Å². The van der Waals surface area contributed by atoms with E-state index in [0.29, 0.717) is 12.5 Å². The lowest BCUT2D eigenvalue weighted by Gasteiger charge is -2.15. The molecule has 2 aromatic rings. The number of hydrogen-bond acceptors (Lipinski definition) is 3. The van der Waals surface area contributed by atoms with Crippen molar-refractivity contribution in [1.29, 1.82) is 0 Å². The summed E-state index contributed by atoms with van der Waals surface area (Å²) in [6.07, 6.45) is 0. The van der Waals surface area contributed by atoms with E-state index in [9.17, 15) is 13.2 Å². The number of nitrogens with zero attached hydrogens (tertiary/aromatic N) is 1. The van der Waals surface area contributed by atoms with Gasteiger partial charge in [-0.3, -0.25) is 4.99 Å². The van der Waals surface area contributed by atoms with E-state index in [1.165, 1.54) is 23.8 Å². The van der Waals surface area contributed by atoms with Crippen molar-refractivity contribution in [3.05, 3.63) is 51.5 Å². The topological polar surface area (TPSA) is 45.7 Å². The van der Waals surface area contributed by atoms with Gasteiger partial charge in [0.1, 0.15) is 11.6 Å². The van der Waals surface area contributed by atoms with Gasteiger partial charge in [0.15, 0.2) is 5.96 Å². The standard InChI is InChI=1S/C16H18F3N3OS/c1-10-6-7-24-14(10)9-22-16(20-2)21-8-11-12(17)4-3-5-13(11)23-15(18)19/h3-7,15H,8-9H2,1-2H3,(H2,20,21,22). The maximum atomic E-state index is 13.9. The largest absolute Gasteiger partial charge is 0.434 e. The van der Waals surface area contributed by atoms with Crippen LogP contribution < -0.4 is 15.4 Å². The first-order valence-corrected chi connectivity index (χ1v) is 8.09. The van der Waals surface area contributed by atoms with Crippen molar-refractivity contribution in [2.75, 3.05) is 7.05 Å². The van der Waals surface area contributed by atoms with Crippen molar-refractivity contribution in [1.82, 2.24) is 10.6 Å². The molecule has 4 nitrogen and oxygen atoms in total. The van der Waals surface area contributed by atoms with Crippen LogP contribution in [0.3, 0.4) is 0 Å². The second-order valence-electron chi connectivity index (χ2n) is 4.90. The summed E-state index contributed by atoms with van der Waals surface area (Å²) in [5.74, 6) is -0.374. The molecule has 0 radical (unpaired) electrons. The zero-order valence-corrected chi connectivity index (χ0v) is 14.1. The highest BCUT2D eigenvalue weighted by atomic mass is 32.1. The normalized spacial score (nSPS) is 11.7. The summed E-state index contributed by atoms with van der Waals surface area (Å²) < 4.78 is 43.1. The first kappa shape index (κ1) is 18.1. The Hall–Kier alpha value is -2.22. The van der Waals surface area contributed by atoms with Crippen molar-refractivity contribution in [3.8, 4) is 5.75 Å². The summed E-state index contributed by atoms with van der Waals surface area (Å²) in [7, 11) is 1.58. The third-order valence-corrected chi connectivity index (χ3v) is 4.36. The second-order valence-corrected chi connectivity index (χ2v) is 5.90. The molecule has 0 spiro atoms. The third kappa shape index (κ3) is 4.89. The van der Waals surface area contributed by atoms with E-state index < -0.39 is 12.4 Å². The number of aryl methyl sites for hydroxylation is 1. The van der Waals surface area contributed by atoms with Crippen LogP contribution in [-0.2, 0) is 13.1 Å². The molecule has 8 heteroatoms. The minimum atomic E-state index is -3.01. The molecule has 0 aliphatic carbocycles. The van der Waals surface area contributed by atoms with Gasteiger partial charge in [-0.05, 0) is 36.1 Å². The van der Waals surface area contributed by atoms with Gasteiger partial charge in [-0.1, -0.05) is 6.07 Å². The minimum absolute atomic E-state index is 0.0213. The molecular formula is C16H18F3N3OS. The predicted octanol–water partition coefficient (Wildman–Crippen LogP) is 3.66. The fourth-order valence-electron chi connectivity index (χ4n) is 2.06. The van der Waals surface area contributed by atoms with Crippen LogP contribution in [0.15, 0.2) is 34.6 Å². The van der Waals surface area contributed by atoms with Crippen LogP contribution in [0.4, 0.5) is 13.2 Å². The molecule has 0 unspecified atom stereocenters. The zero-order valence-electron chi connectivity index (χ0n) is 13.3. The number of benzene rings is 1. The molecule has 0 aliphatic rings. The minimum Gasteiger partial charge on any atom is -0.434 e. The molecule has 24 heavy (non-hydrogen) atoms. The number of rotatable bonds is 6. The predicted molar refractivity (Wildman–Crippen MR) is 89.1 cm³/mol. The van der Waals surface area contributed by atoms with Gasteiger partial charge in [-0.2, -0.15) is 8.78 Å². The number of halogens is 3. The molecule has 0 aliphatic heterocycles. The monoisotopic (exact) mass is 357 g/mol. The molecule has 1 heterocycles. The average molecular weight is 357 g/mol. The highest BCUT2D eigenvalue weighted by Crippen LogP contribution is 2.23. The van der Waals surface area contributed by atoms with Crippen LogP contribution in [0.2, 0.25) is 0 Å². The smallest absolute Gasteiger partial charge is 0.387 e. The number of thiophene rings is 1. The first-order chi connectivity index (χ1) is 11.5. The van der Waals surface area contributed by atoms with Crippen molar-refractivity contribution in [3.63, 3.8) is 0 Å². The molecule has 1 aromatic carbocycles. The molecule has 2 N–H and O–H groups in total. The Kier molecular flexibility index (Phi) is 6.48. The van der Waals surface area contributed by atoms with Crippen LogP contribution in [0.25, 0.3) is 0 Å². The van der Waals surface area contributed by atoms with E-state index in [1.807, 2.05) is 18.4 Å². The number of alkyl halides is 2. The summed E-state index contributed by atoms with van der Waals surface area (Å²) >= 11 is 1.62. The van der Waals surface area contributed by atoms with E-state index in [1.54, 1.807) is 18.4 Å². The Morgan fingerprint density at radius 3 is 2.62 bits per heavy atom. The second kappa shape index (κ2) is 8.58. The molecule has 0 fully saturated rings. The fourth-order valence-corrected chi connectivity index (χ4v) is 2.90. The molecule has 130 valence electrons. The SMILES string of the molecule is CN=C(NCc1sccc1C)NCc1c(F)cccc1OC(F)F. The van der Waals surface area contributed by atoms with E-state index >= 15 is 0 Å². The van der Waals surface area contributed by atoms with Gasteiger partial charge in [-0.15, -0.1) is 11.3 Å². The van der Waals surface area contributed by atoms with Crippen LogP contribution in [-0.4, -0.2) is 19.6 Å². The molecule has 0 saturated heterocycles. The van der Waals surface area contributed by atoms with Crippen LogP contribution in [0.1, 0.15) is 16.0 Å². The Bertz CT molecular complexity index is 704. The maximum Gasteiger partial charge on any atom is 0.387 e. The molecule has 0 amide bonds. The lowest BCUT2D eigenvalue weighted by atomic mass is 10.2. The summed E-state index contributed by atoms with van der Waals surface area (Å²) in [4.78, 5) is 5.20. The van der Waals surface area contributed by atoms with Crippen molar-refractivity contribution < 1.29 is 17.9 Å². The van der Waals surface area contributed by atoms with Crippen LogP contribution in [0.5, 0.6) is 5.75 Å². The number of aliphatic imine (C=N–C) groups is 1. The third-order valence-electron chi connectivity index (χ3n) is 3.33. The van der Waals surface area contributed by atoms with Gasteiger partial charge >= 0.3 is 6.61 Å². The summed E-state index contributed by atoms with van der Waals surface area (Å²) in [5.41, 5.74) is 1.19. The molecule has 2 rings (SSSR count). The number of nitrogens with one attached hydrogen (secondary N) is 2. The fraction of sp³-hybridized carbons (Fsp3) is 0.312. The van der Waals surface area contributed by atoms with E-state index in [2.05, 4.69) is 20.4 Å². The number of ether oxygens (including phenoxy) is 1.